The van der Waals surface area contributed by atoms with Crippen LogP contribution in [0.5, 0.6) is 11.5 Å². The first kappa shape index (κ1) is 16.8. The lowest BCUT2D eigenvalue weighted by molar-refractivity contribution is 0.243. The smallest absolute Gasteiger partial charge is 0.119 e. The highest BCUT2D eigenvalue weighted by molar-refractivity contribution is 5.31. The fourth-order valence-corrected chi connectivity index (χ4v) is 1.63. The van der Waals surface area contributed by atoms with Crippen LogP contribution in [0.4, 0.5) is 0 Å². The van der Waals surface area contributed by atoms with Gasteiger partial charge in [0.1, 0.15) is 11.5 Å². The normalized spacial score (nSPS) is 13.1. The second kappa shape index (κ2) is 8.15. The molecule has 0 amide bonds. The van der Waals surface area contributed by atoms with E-state index in [1.807, 2.05) is 24.3 Å². The van der Waals surface area contributed by atoms with E-state index in [-0.39, 0.29) is 5.54 Å². The van der Waals surface area contributed by atoms with Crippen LogP contribution in [-0.2, 0) is 0 Å². The second-order valence-corrected chi connectivity index (χ2v) is 6.37. The minimum absolute atomic E-state index is 0.159. The van der Waals surface area contributed by atoms with Crippen molar-refractivity contribution < 1.29 is 9.47 Å². The summed E-state index contributed by atoms with van der Waals surface area (Å²) >= 11 is 0. The van der Waals surface area contributed by atoms with Crippen molar-refractivity contribution in [2.24, 2.45) is 5.92 Å². The highest BCUT2D eigenvalue weighted by Crippen LogP contribution is 2.18. The summed E-state index contributed by atoms with van der Waals surface area (Å²) in [6.45, 7) is 13.3. The molecule has 3 nitrogen and oxygen atoms in total. The van der Waals surface area contributed by atoms with Gasteiger partial charge in [-0.2, -0.15) is 0 Å². The van der Waals surface area contributed by atoms with Crippen LogP contribution in [0.1, 0.15) is 41.0 Å². The third-order valence-corrected chi connectivity index (χ3v) is 2.81. The molecule has 0 aliphatic rings. The van der Waals surface area contributed by atoms with Crippen LogP contribution in [0, 0.1) is 5.92 Å². The number of benzene rings is 1. The van der Waals surface area contributed by atoms with Gasteiger partial charge in [0.25, 0.3) is 0 Å². The largest absolute Gasteiger partial charge is 0.494 e. The number of hydrogen-bond donors (Lipinski definition) is 1. The molecule has 3 heteroatoms. The molecule has 0 aliphatic heterocycles. The van der Waals surface area contributed by atoms with E-state index in [1.165, 1.54) is 0 Å². The predicted molar refractivity (Wildman–Crippen MR) is 84.6 cm³/mol. The topological polar surface area (TPSA) is 30.5 Å². The van der Waals surface area contributed by atoms with Gasteiger partial charge >= 0.3 is 0 Å². The number of hydrogen-bond acceptors (Lipinski definition) is 3. The standard InChI is InChI=1S/C17H29NO2/c1-6-11-19-15-7-9-16(10-8-15)20-13-14(2)12-18-17(3,4)5/h7-10,14,18H,6,11-13H2,1-5H3. The first-order valence-corrected chi connectivity index (χ1v) is 7.51. The molecule has 1 aromatic carbocycles. The Kier molecular flexibility index (Phi) is 6.86. The third kappa shape index (κ3) is 7.39. The van der Waals surface area contributed by atoms with Gasteiger partial charge in [-0.25, -0.2) is 0 Å². The van der Waals surface area contributed by atoms with Gasteiger partial charge in [-0.05, 0) is 51.5 Å². The molecule has 0 spiro atoms. The van der Waals surface area contributed by atoms with Crippen molar-refractivity contribution in [3.05, 3.63) is 24.3 Å². The fraction of sp³-hybridized carbons (Fsp3) is 0.647. The number of rotatable bonds is 8. The van der Waals surface area contributed by atoms with E-state index in [4.69, 9.17) is 9.47 Å². The Morgan fingerprint density at radius 3 is 2.10 bits per heavy atom. The van der Waals surface area contributed by atoms with Crippen LogP contribution >= 0.6 is 0 Å². The summed E-state index contributed by atoms with van der Waals surface area (Å²) in [4.78, 5) is 0. The number of ether oxygens (including phenoxy) is 2. The van der Waals surface area contributed by atoms with Crippen molar-refractivity contribution >= 4 is 0 Å². The Morgan fingerprint density at radius 2 is 1.60 bits per heavy atom. The van der Waals surface area contributed by atoms with E-state index in [0.717, 1.165) is 37.7 Å². The molecule has 0 saturated carbocycles. The molecule has 1 N–H and O–H groups in total. The Morgan fingerprint density at radius 1 is 1.05 bits per heavy atom. The molecular weight excluding hydrogens is 250 g/mol. The predicted octanol–water partition coefficient (Wildman–Crippen LogP) is 3.88. The van der Waals surface area contributed by atoms with Gasteiger partial charge in [0, 0.05) is 18.0 Å². The van der Waals surface area contributed by atoms with Crippen LogP contribution < -0.4 is 14.8 Å². The van der Waals surface area contributed by atoms with Gasteiger partial charge in [-0.3, -0.25) is 0 Å². The summed E-state index contributed by atoms with van der Waals surface area (Å²) < 4.78 is 11.3. The molecule has 0 fully saturated rings. The summed E-state index contributed by atoms with van der Waals surface area (Å²) in [7, 11) is 0. The highest BCUT2D eigenvalue weighted by atomic mass is 16.5. The maximum atomic E-state index is 5.80. The molecule has 1 unspecified atom stereocenters. The molecule has 1 aromatic rings. The fourth-order valence-electron chi connectivity index (χ4n) is 1.63. The van der Waals surface area contributed by atoms with Crippen LogP contribution in [0.15, 0.2) is 24.3 Å². The maximum Gasteiger partial charge on any atom is 0.119 e. The van der Waals surface area contributed by atoms with Gasteiger partial charge in [0.15, 0.2) is 0 Å². The lowest BCUT2D eigenvalue weighted by atomic mass is 10.1. The zero-order valence-electron chi connectivity index (χ0n) is 13.5. The van der Waals surface area contributed by atoms with Crippen molar-refractivity contribution in [2.45, 2.75) is 46.6 Å². The van der Waals surface area contributed by atoms with Crippen LogP contribution in [-0.4, -0.2) is 25.3 Å². The minimum Gasteiger partial charge on any atom is -0.494 e. The third-order valence-electron chi connectivity index (χ3n) is 2.81. The van der Waals surface area contributed by atoms with Crippen molar-refractivity contribution in [1.29, 1.82) is 0 Å². The maximum absolute atomic E-state index is 5.80. The van der Waals surface area contributed by atoms with E-state index in [9.17, 15) is 0 Å². The van der Waals surface area contributed by atoms with Crippen LogP contribution in [0.2, 0.25) is 0 Å². The van der Waals surface area contributed by atoms with E-state index < -0.39 is 0 Å². The molecular formula is C17H29NO2. The lowest BCUT2D eigenvalue weighted by Gasteiger charge is -2.23. The lowest BCUT2D eigenvalue weighted by Crippen LogP contribution is -2.39. The van der Waals surface area contributed by atoms with Crippen molar-refractivity contribution in [3.63, 3.8) is 0 Å². The highest BCUT2D eigenvalue weighted by Gasteiger charge is 2.11. The SMILES string of the molecule is CCCOc1ccc(OCC(C)CNC(C)(C)C)cc1. The molecule has 20 heavy (non-hydrogen) atoms. The van der Waals surface area contributed by atoms with E-state index in [1.54, 1.807) is 0 Å². The summed E-state index contributed by atoms with van der Waals surface area (Å²) in [6.07, 6.45) is 1.02. The Balaban J connectivity index is 2.30. The molecule has 114 valence electrons. The molecule has 0 bridgehead atoms. The van der Waals surface area contributed by atoms with E-state index in [0.29, 0.717) is 5.92 Å². The quantitative estimate of drug-likeness (QED) is 0.783. The summed E-state index contributed by atoms with van der Waals surface area (Å²) in [5, 5.41) is 3.49. The van der Waals surface area contributed by atoms with E-state index in [2.05, 4.69) is 39.9 Å². The van der Waals surface area contributed by atoms with Crippen molar-refractivity contribution in [1.82, 2.24) is 5.32 Å². The second-order valence-electron chi connectivity index (χ2n) is 6.37. The van der Waals surface area contributed by atoms with Gasteiger partial charge < -0.3 is 14.8 Å². The molecule has 0 saturated heterocycles. The van der Waals surface area contributed by atoms with E-state index >= 15 is 0 Å². The van der Waals surface area contributed by atoms with Gasteiger partial charge in [-0.15, -0.1) is 0 Å². The summed E-state index contributed by atoms with van der Waals surface area (Å²) in [6, 6.07) is 7.86. The van der Waals surface area contributed by atoms with Crippen molar-refractivity contribution in [3.8, 4) is 11.5 Å². The van der Waals surface area contributed by atoms with Crippen LogP contribution in [0.25, 0.3) is 0 Å². The molecule has 1 atom stereocenters. The first-order valence-electron chi connectivity index (χ1n) is 7.51. The Labute approximate surface area is 123 Å². The van der Waals surface area contributed by atoms with Gasteiger partial charge in [0.2, 0.25) is 0 Å². The Bertz CT molecular complexity index is 368. The van der Waals surface area contributed by atoms with Crippen molar-refractivity contribution in [2.75, 3.05) is 19.8 Å². The molecule has 0 heterocycles. The van der Waals surface area contributed by atoms with Gasteiger partial charge in [-0.1, -0.05) is 13.8 Å². The summed E-state index contributed by atoms with van der Waals surface area (Å²) in [5.41, 5.74) is 0.159. The summed E-state index contributed by atoms with van der Waals surface area (Å²) in [5.74, 6) is 2.28. The number of nitrogens with one attached hydrogen (secondary N) is 1. The average molecular weight is 279 g/mol. The monoisotopic (exact) mass is 279 g/mol. The molecule has 0 aromatic heterocycles. The first-order chi connectivity index (χ1) is 9.40. The Hall–Kier alpha value is -1.22. The molecule has 0 aliphatic carbocycles. The zero-order valence-corrected chi connectivity index (χ0v) is 13.5. The minimum atomic E-state index is 0.159. The zero-order chi connectivity index (χ0) is 15.0. The average Bonchev–Trinajstić information content (AvgIpc) is 2.41. The van der Waals surface area contributed by atoms with Gasteiger partial charge in [0.05, 0.1) is 13.2 Å². The van der Waals surface area contributed by atoms with Crippen LogP contribution in [0.3, 0.4) is 0 Å². The molecule has 0 radical (unpaired) electrons. The molecule has 1 rings (SSSR count).